The summed E-state index contributed by atoms with van der Waals surface area (Å²) < 4.78 is 21.6. The van der Waals surface area contributed by atoms with E-state index in [9.17, 15) is 4.79 Å². The van der Waals surface area contributed by atoms with Crippen molar-refractivity contribution in [2.45, 2.75) is 13.2 Å². The second kappa shape index (κ2) is 10.2. The van der Waals surface area contributed by atoms with Crippen molar-refractivity contribution in [3.63, 3.8) is 0 Å². The number of ether oxygens (including phenoxy) is 4. The first-order valence-electron chi connectivity index (χ1n) is 9.34. The van der Waals surface area contributed by atoms with E-state index in [1.54, 1.807) is 24.4 Å². The van der Waals surface area contributed by atoms with E-state index in [-0.39, 0.29) is 5.91 Å². The smallest absolute Gasteiger partial charge is 0.255 e. The van der Waals surface area contributed by atoms with Crippen LogP contribution >= 0.6 is 0 Å². The Labute approximate surface area is 175 Å². The van der Waals surface area contributed by atoms with Gasteiger partial charge in [-0.1, -0.05) is 30.3 Å². The second-order valence-electron chi connectivity index (χ2n) is 6.37. The molecule has 2 aromatic carbocycles. The first-order valence-corrected chi connectivity index (χ1v) is 9.34. The molecular formula is C23H24N2O5. The van der Waals surface area contributed by atoms with Crippen molar-refractivity contribution in [3.8, 4) is 23.1 Å². The summed E-state index contributed by atoms with van der Waals surface area (Å²) in [4.78, 5) is 17.0. The van der Waals surface area contributed by atoms with Gasteiger partial charge in [0.15, 0.2) is 11.5 Å². The van der Waals surface area contributed by atoms with Gasteiger partial charge in [-0.05, 0) is 17.2 Å². The molecule has 0 aliphatic heterocycles. The Bertz CT molecular complexity index is 992. The van der Waals surface area contributed by atoms with Crippen LogP contribution in [0.3, 0.4) is 0 Å². The molecule has 7 nitrogen and oxygen atoms in total. The second-order valence-corrected chi connectivity index (χ2v) is 6.37. The number of nitrogens with one attached hydrogen (secondary N) is 1. The lowest BCUT2D eigenvalue weighted by Gasteiger charge is -2.14. The van der Waals surface area contributed by atoms with Crippen molar-refractivity contribution in [1.82, 2.24) is 10.3 Å². The average molecular weight is 408 g/mol. The minimum absolute atomic E-state index is 0.295. The largest absolute Gasteiger partial charge is 0.496 e. The molecule has 0 saturated carbocycles. The lowest BCUT2D eigenvalue weighted by atomic mass is 10.1. The molecule has 0 saturated heterocycles. The number of hydrogen-bond donors (Lipinski definition) is 1. The topological polar surface area (TPSA) is 78.9 Å². The summed E-state index contributed by atoms with van der Waals surface area (Å²) in [5.74, 6) is 1.53. The van der Waals surface area contributed by atoms with Crippen molar-refractivity contribution < 1.29 is 23.7 Å². The molecule has 0 unspecified atom stereocenters. The zero-order valence-corrected chi connectivity index (χ0v) is 17.2. The van der Waals surface area contributed by atoms with Gasteiger partial charge in [0.05, 0.1) is 26.9 Å². The number of hydrogen-bond acceptors (Lipinski definition) is 6. The summed E-state index contributed by atoms with van der Waals surface area (Å²) in [6.45, 7) is 0.729. The Kier molecular flexibility index (Phi) is 7.10. The van der Waals surface area contributed by atoms with E-state index in [0.717, 1.165) is 11.1 Å². The van der Waals surface area contributed by atoms with Crippen LogP contribution in [0, 0.1) is 0 Å². The number of pyridine rings is 1. The van der Waals surface area contributed by atoms with E-state index >= 15 is 0 Å². The number of carbonyl (C=O) groups excluding carboxylic acids is 1. The van der Waals surface area contributed by atoms with Crippen molar-refractivity contribution in [2.75, 3.05) is 21.3 Å². The molecule has 1 aromatic heterocycles. The molecule has 0 aliphatic carbocycles. The summed E-state index contributed by atoms with van der Waals surface area (Å²) in [6.07, 6.45) is 1.65. The van der Waals surface area contributed by atoms with Gasteiger partial charge in [-0.2, -0.15) is 0 Å². The fourth-order valence-electron chi connectivity index (χ4n) is 2.86. The Morgan fingerprint density at radius 3 is 2.27 bits per heavy atom. The standard InChI is InChI=1S/C23H24N2O5/c1-27-19-13-21(29-3)20(28-2)12-18(19)23(26)25-14-17-9-10-24-22(11-17)30-15-16-7-5-4-6-8-16/h4-13H,14-15H2,1-3H3,(H,25,26). The number of amides is 1. The van der Waals surface area contributed by atoms with Crippen LogP contribution in [-0.2, 0) is 13.2 Å². The van der Waals surface area contributed by atoms with E-state index in [1.807, 2.05) is 36.4 Å². The predicted molar refractivity (Wildman–Crippen MR) is 112 cm³/mol. The van der Waals surface area contributed by atoms with Crippen molar-refractivity contribution in [1.29, 1.82) is 0 Å². The zero-order valence-electron chi connectivity index (χ0n) is 17.2. The lowest BCUT2D eigenvalue weighted by molar-refractivity contribution is 0.0947. The summed E-state index contributed by atoms with van der Waals surface area (Å²) in [7, 11) is 4.54. The molecule has 0 atom stereocenters. The molecule has 30 heavy (non-hydrogen) atoms. The molecule has 0 spiro atoms. The van der Waals surface area contributed by atoms with Crippen LogP contribution in [0.15, 0.2) is 60.8 Å². The fourth-order valence-corrected chi connectivity index (χ4v) is 2.86. The maximum atomic E-state index is 12.7. The Morgan fingerprint density at radius 2 is 1.57 bits per heavy atom. The minimum Gasteiger partial charge on any atom is -0.496 e. The van der Waals surface area contributed by atoms with E-state index in [1.165, 1.54) is 21.3 Å². The highest BCUT2D eigenvalue weighted by atomic mass is 16.5. The van der Waals surface area contributed by atoms with Crippen molar-refractivity contribution >= 4 is 5.91 Å². The Morgan fingerprint density at radius 1 is 0.867 bits per heavy atom. The van der Waals surface area contributed by atoms with Crippen LogP contribution < -0.4 is 24.3 Å². The van der Waals surface area contributed by atoms with Gasteiger partial charge in [-0.3, -0.25) is 4.79 Å². The number of rotatable bonds is 9. The number of nitrogens with zero attached hydrogens (tertiary/aromatic N) is 1. The molecular weight excluding hydrogens is 384 g/mol. The zero-order chi connectivity index (χ0) is 21.3. The molecule has 156 valence electrons. The fraction of sp³-hybridized carbons (Fsp3) is 0.217. The molecule has 3 aromatic rings. The number of methoxy groups -OCH3 is 3. The van der Waals surface area contributed by atoms with Crippen LogP contribution in [0.2, 0.25) is 0 Å². The Balaban J connectivity index is 1.66. The summed E-state index contributed by atoms with van der Waals surface area (Å²) in [5.41, 5.74) is 2.27. The number of aromatic nitrogens is 1. The summed E-state index contributed by atoms with van der Waals surface area (Å²) in [5, 5.41) is 2.88. The van der Waals surface area contributed by atoms with Gasteiger partial charge in [0.2, 0.25) is 5.88 Å². The molecule has 0 aliphatic rings. The molecule has 7 heteroatoms. The summed E-state index contributed by atoms with van der Waals surface area (Å²) in [6, 6.07) is 16.7. The lowest BCUT2D eigenvalue weighted by Crippen LogP contribution is -2.23. The molecule has 0 radical (unpaired) electrons. The maximum Gasteiger partial charge on any atom is 0.255 e. The van der Waals surface area contributed by atoms with E-state index in [4.69, 9.17) is 18.9 Å². The monoisotopic (exact) mass is 408 g/mol. The molecule has 3 rings (SSSR count). The van der Waals surface area contributed by atoms with Crippen LogP contribution in [0.1, 0.15) is 21.5 Å². The predicted octanol–water partition coefficient (Wildman–Crippen LogP) is 3.62. The van der Waals surface area contributed by atoms with E-state index in [0.29, 0.717) is 41.8 Å². The minimum atomic E-state index is -0.295. The third-order valence-electron chi connectivity index (χ3n) is 4.43. The quantitative estimate of drug-likeness (QED) is 0.583. The highest BCUT2D eigenvalue weighted by Gasteiger charge is 2.17. The van der Waals surface area contributed by atoms with Gasteiger partial charge < -0.3 is 24.3 Å². The average Bonchev–Trinajstić information content (AvgIpc) is 2.81. The molecule has 1 N–H and O–H groups in total. The normalized spacial score (nSPS) is 10.2. The molecule has 1 heterocycles. The van der Waals surface area contributed by atoms with Crippen LogP contribution in [-0.4, -0.2) is 32.2 Å². The van der Waals surface area contributed by atoms with E-state index in [2.05, 4.69) is 10.3 Å². The van der Waals surface area contributed by atoms with Gasteiger partial charge in [0, 0.05) is 30.9 Å². The van der Waals surface area contributed by atoms with Crippen molar-refractivity contribution in [2.24, 2.45) is 0 Å². The maximum absolute atomic E-state index is 12.7. The summed E-state index contributed by atoms with van der Waals surface area (Å²) >= 11 is 0. The number of benzene rings is 2. The van der Waals surface area contributed by atoms with Gasteiger partial charge in [-0.15, -0.1) is 0 Å². The van der Waals surface area contributed by atoms with Gasteiger partial charge >= 0.3 is 0 Å². The SMILES string of the molecule is COc1cc(OC)c(C(=O)NCc2ccnc(OCc3ccccc3)c2)cc1OC. The Hall–Kier alpha value is -3.74. The highest BCUT2D eigenvalue weighted by Crippen LogP contribution is 2.34. The van der Waals surface area contributed by atoms with Crippen LogP contribution in [0.5, 0.6) is 23.1 Å². The van der Waals surface area contributed by atoms with E-state index < -0.39 is 0 Å². The highest BCUT2D eigenvalue weighted by molar-refractivity contribution is 5.97. The molecule has 0 fully saturated rings. The first-order chi connectivity index (χ1) is 14.6. The van der Waals surface area contributed by atoms with Gasteiger partial charge in [0.1, 0.15) is 12.4 Å². The third-order valence-corrected chi connectivity index (χ3v) is 4.43. The van der Waals surface area contributed by atoms with Crippen LogP contribution in [0.4, 0.5) is 0 Å². The number of carbonyl (C=O) groups is 1. The van der Waals surface area contributed by atoms with Crippen molar-refractivity contribution in [3.05, 3.63) is 77.5 Å². The van der Waals surface area contributed by atoms with Gasteiger partial charge in [-0.25, -0.2) is 4.98 Å². The third kappa shape index (κ3) is 5.20. The molecule has 1 amide bonds. The van der Waals surface area contributed by atoms with Crippen LogP contribution in [0.25, 0.3) is 0 Å². The first kappa shape index (κ1) is 21.0. The van der Waals surface area contributed by atoms with Gasteiger partial charge in [0.25, 0.3) is 5.91 Å². The molecule has 0 bridgehead atoms.